The Kier molecular flexibility index (Phi) is 4.14. The van der Waals surface area contributed by atoms with Gasteiger partial charge in [0, 0.05) is 24.8 Å². The Morgan fingerprint density at radius 3 is 2.74 bits per heavy atom. The molecule has 0 aliphatic heterocycles. The van der Waals surface area contributed by atoms with Crippen LogP contribution in [0.25, 0.3) is 11.5 Å². The van der Waals surface area contributed by atoms with E-state index in [0.717, 1.165) is 35.9 Å². The van der Waals surface area contributed by atoms with Gasteiger partial charge < -0.3 is 9.88 Å². The van der Waals surface area contributed by atoms with Crippen LogP contribution in [0.4, 0.5) is 5.82 Å². The third-order valence-electron chi connectivity index (χ3n) is 2.99. The highest BCUT2D eigenvalue weighted by atomic mass is 15.1. The van der Waals surface area contributed by atoms with Gasteiger partial charge in [0.25, 0.3) is 0 Å². The number of aromatic nitrogens is 4. The molecule has 0 radical (unpaired) electrons. The third-order valence-corrected chi connectivity index (χ3v) is 2.99. The first-order valence-electron chi connectivity index (χ1n) is 6.73. The van der Waals surface area contributed by atoms with Crippen molar-refractivity contribution < 1.29 is 0 Å². The maximum atomic E-state index is 4.64. The summed E-state index contributed by atoms with van der Waals surface area (Å²) in [7, 11) is 1.88. The van der Waals surface area contributed by atoms with E-state index in [1.54, 1.807) is 0 Å². The number of imidazole rings is 1. The number of rotatable bonds is 5. The van der Waals surface area contributed by atoms with Gasteiger partial charge in [-0.1, -0.05) is 13.3 Å². The van der Waals surface area contributed by atoms with Crippen LogP contribution in [-0.2, 0) is 6.42 Å². The van der Waals surface area contributed by atoms with Crippen LogP contribution in [0, 0.1) is 0 Å². The van der Waals surface area contributed by atoms with E-state index in [1.807, 2.05) is 25.6 Å². The molecule has 2 rings (SSSR count). The molecular weight excluding hydrogens is 238 g/mol. The Morgan fingerprint density at radius 1 is 1.32 bits per heavy atom. The summed E-state index contributed by atoms with van der Waals surface area (Å²) in [5.41, 5.74) is 2.03. The summed E-state index contributed by atoms with van der Waals surface area (Å²) < 4.78 is 2.09. The second-order valence-corrected chi connectivity index (χ2v) is 4.85. The van der Waals surface area contributed by atoms with Gasteiger partial charge in [-0.25, -0.2) is 15.0 Å². The Bertz CT molecular complexity index is 545. The Balaban J connectivity index is 2.48. The number of aryl methyl sites for hydroxylation is 1. The van der Waals surface area contributed by atoms with Gasteiger partial charge >= 0.3 is 0 Å². The van der Waals surface area contributed by atoms with Gasteiger partial charge in [0.1, 0.15) is 11.5 Å². The molecule has 0 unspecified atom stereocenters. The summed E-state index contributed by atoms with van der Waals surface area (Å²) in [6, 6.07) is 2.34. The van der Waals surface area contributed by atoms with E-state index in [9.17, 15) is 0 Å². The normalized spacial score (nSPS) is 11.0. The number of hydrogen-bond donors (Lipinski definition) is 1. The predicted octanol–water partition coefficient (Wildman–Crippen LogP) is 2.92. The first-order chi connectivity index (χ1) is 9.15. The monoisotopic (exact) mass is 259 g/mol. The number of hydrogen-bond acceptors (Lipinski definition) is 4. The molecule has 0 spiro atoms. The van der Waals surface area contributed by atoms with Crippen LogP contribution >= 0.6 is 0 Å². The molecular formula is C14H21N5. The van der Waals surface area contributed by atoms with Crippen molar-refractivity contribution in [2.24, 2.45) is 0 Å². The van der Waals surface area contributed by atoms with Crippen LogP contribution in [0.1, 0.15) is 38.9 Å². The van der Waals surface area contributed by atoms with Gasteiger partial charge in [-0.15, -0.1) is 0 Å². The van der Waals surface area contributed by atoms with Crippen LogP contribution in [0.2, 0.25) is 0 Å². The van der Waals surface area contributed by atoms with Crippen molar-refractivity contribution in [1.82, 2.24) is 19.5 Å². The second-order valence-electron chi connectivity index (χ2n) is 4.85. The summed E-state index contributed by atoms with van der Waals surface area (Å²) in [4.78, 5) is 13.4. The number of anilines is 1. The summed E-state index contributed by atoms with van der Waals surface area (Å²) in [6.45, 7) is 6.40. The van der Waals surface area contributed by atoms with Gasteiger partial charge in [-0.2, -0.15) is 0 Å². The molecule has 0 aliphatic carbocycles. The number of nitrogens with zero attached hydrogens (tertiary/aromatic N) is 4. The van der Waals surface area contributed by atoms with Crippen molar-refractivity contribution in [1.29, 1.82) is 0 Å². The van der Waals surface area contributed by atoms with Crippen molar-refractivity contribution in [2.75, 3.05) is 12.4 Å². The highest BCUT2D eigenvalue weighted by molar-refractivity contribution is 5.53. The van der Waals surface area contributed by atoms with Crippen molar-refractivity contribution in [2.45, 2.75) is 39.7 Å². The zero-order chi connectivity index (χ0) is 13.8. The molecule has 102 valence electrons. The zero-order valence-corrected chi connectivity index (χ0v) is 12.0. The lowest BCUT2D eigenvalue weighted by Crippen LogP contribution is -2.06. The molecule has 5 heteroatoms. The first kappa shape index (κ1) is 13.5. The molecule has 0 atom stereocenters. The zero-order valence-electron chi connectivity index (χ0n) is 12.0. The van der Waals surface area contributed by atoms with E-state index in [4.69, 9.17) is 0 Å². The lowest BCUT2D eigenvalue weighted by Gasteiger charge is -2.12. The molecule has 2 aromatic heterocycles. The fourth-order valence-electron chi connectivity index (χ4n) is 2.01. The molecule has 0 fully saturated rings. The highest BCUT2D eigenvalue weighted by Gasteiger charge is 2.12. The lowest BCUT2D eigenvalue weighted by atomic mass is 10.2. The SMILES string of the molecule is CCCc1cc(NC)nc(-c2cncn2C(C)C)n1. The summed E-state index contributed by atoms with van der Waals surface area (Å²) in [5.74, 6) is 1.59. The van der Waals surface area contributed by atoms with Gasteiger partial charge in [-0.05, 0) is 20.3 Å². The second kappa shape index (κ2) is 5.82. The fourth-order valence-corrected chi connectivity index (χ4v) is 2.01. The quantitative estimate of drug-likeness (QED) is 0.897. The van der Waals surface area contributed by atoms with E-state index < -0.39 is 0 Å². The molecule has 2 aromatic rings. The molecule has 19 heavy (non-hydrogen) atoms. The summed E-state index contributed by atoms with van der Waals surface area (Å²) >= 11 is 0. The molecule has 0 aliphatic rings. The average Bonchev–Trinajstić information content (AvgIpc) is 2.88. The topological polar surface area (TPSA) is 55.6 Å². The van der Waals surface area contributed by atoms with Gasteiger partial charge in [0.05, 0.1) is 12.5 Å². The predicted molar refractivity (Wildman–Crippen MR) is 77.2 cm³/mol. The standard InChI is InChI=1S/C14H21N5/c1-5-6-11-7-13(15-4)18-14(17-11)12-8-16-9-19(12)10(2)3/h7-10H,5-6H2,1-4H3,(H,15,17,18). The van der Waals surface area contributed by atoms with Crippen LogP contribution in [-0.4, -0.2) is 26.6 Å². The molecule has 0 saturated carbocycles. The smallest absolute Gasteiger partial charge is 0.180 e. The van der Waals surface area contributed by atoms with Gasteiger partial charge in [0.2, 0.25) is 0 Å². The lowest BCUT2D eigenvalue weighted by molar-refractivity contribution is 0.603. The molecule has 1 N–H and O–H groups in total. The van der Waals surface area contributed by atoms with Gasteiger partial charge in [-0.3, -0.25) is 0 Å². The Morgan fingerprint density at radius 2 is 2.11 bits per heavy atom. The van der Waals surface area contributed by atoms with Crippen LogP contribution in [0.15, 0.2) is 18.6 Å². The summed E-state index contributed by atoms with van der Waals surface area (Å²) in [5, 5.41) is 3.10. The largest absolute Gasteiger partial charge is 0.373 e. The summed E-state index contributed by atoms with van der Waals surface area (Å²) in [6.07, 6.45) is 5.68. The number of nitrogens with one attached hydrogen (secondary N) is 1. The minimum Gasteiger partial charge on any atom is -0.373 e. The van der Waals surface area contributed by atoms with Crippen LogP contribution < -0.4 is 5.32 Å². The van der Waals surface area contributed by atoms with E-state index in [1.165, 1.54) is 0 Å². The highest BCUT2D eigenvalue weighted by Crippen LogP contribution is 2.21. The minimum absolute atomic E-state index is 0.342. The first-order valence-corrected chi connectivity index (χ1v) is 6.73. The van der Waals surface area contributed by atoms with E-state index in [2.05, 4.69) is 45.6 Å². The average molecular weight is 259 g/mol. The van der Waals surface area contributed by atoms with E-state index in [-0.39, 0.29) is 0 Å². The van der Waals surface area contributed by atoms with Crippen molar-refractivity contribution in [3.05, 3.63) is 24.3 Å². The maximum absolute atomic E-state index is 4.64. The Labute approximate surface area is 114 Å². The third kappa shape index (κ3) is 2.92. The van der Waals surface area contributed by atoms with Crippen molar-refractivity contribution in [3.63, 3.8) is 0 Å². The molecule has 0 saturated heterocycles. The molecule has 0 bridgehead atoms. The van der Waals surface area contributed by atoms with E-state index >= 15 is 0 Å². The van der Waals surface area contributed by atoms with Crippen molar-refractivity contribution >= 4 is 5.82 Å². The Hall–Kier alpha value is -1.91. The fraction of sp³-hybridized carbons (Fsp3) is 0.500. The van der Waals surface area contributed by atoms with Crippen LogP contribution in [0.5, 0.6) is 0 Å². The van der Waals surface area contributed by atoms with Crippen LogP contribution in [0.3, 0.4) is 0 Å². The van der Waals surface area contributed by atoms with Crippen molar-refractivity contribution in [3.8, 4) is 11.5 Å². The molecule has 5 nitrogen and oxygen atoms in total. The minimum atomic E-state index is 0.342. The molecule has 0 amide bonds. The molecule has 0 aromatic carbocycles. The maximum Gasteiger partial charge on any atom is 0.180 e. The van der Waals surface area contributed by atoms with Gasteiger partial charge in [0.15, 0.2) is 5.82 Å². The van der Waals surface area contributed by atoms with E-state index in [0.29, 0.717) is 6.04 Å². The molecule has 2 heterocycles.